The standard InChI is InChI=1S/C8H17Si/c1-9-7-5-3-2-4-6-8-9/h2-8H2,1H3. The van der Waals surface area contributed by atoms with E-state index in [1.165, 1.54) is 32.1 Å². The van der Waals surface area contributed by atoms with Crippen LogP contribution in [-0.4, -0.2) is 8.80 Å². The summed E-state index contributed by atoms with van der Waals surface area (Å²) < 4.78 is 0. The molecule has 0 spiro atoms. The first-order chi connectivity index (χ1) is 4.39. The summed E-state index contributed by atoms with van der Waals surface area (Å²) in [6.45, 7) is 2.50. The minimum atomic E-state index is 0.148. The van der Waals surface area contributed by atoms with Crippen molar-refractivity contribution in [2.24, 2.45) is 0 Å². The molecule has 9 heavy (non-hydrogen) atoms. The smallest absolute Gasteiger partial charge is 0.0446 e. The van der Waals surface area contributed by atoms with Gasteiger partial charge in [-0.15, -0.1) is 0 Å². The fourth-order valence-electron chi connectivity index (χ4n) is 1.51. The first-order valence-electron chi connectivity index (χ1n) is 4.21. The average molecular weight is 141 g/mol. The molecule has 0 nitrogen and oxygen atoms in total. The van der Waals surface area contributed by atoms with Crippen LogP contribution in [0.2, 0.25) is 18.6 Å². The Balaban J connectivity index is 2.12. The summed E-state index contributed by atoms with van der Waals surface area (Å²) in [7, 11) is 0.148. The molecule has 1 saturated heterocycles. The lowest BCUT2D eigenvalue weighted by atomic mass is 10.2. The van der Waals surface area contributed by atoms with Gasteiger partial charge in [0.15, 0.2) is 0 Å². The molecule has 1 rings (SSSR count). The van der Waals surface area contributed by atoms with Crippen molar-refractivity contribution in [3.05, 3.63) is 0 Å². The second kappa shape index (κ2) is 4.10. The minimum absolute atomic E-state index is 0.148. The predicted octanol–water partition coefficient (Wildman–Crippen LogP) is 3.08. The third-order valence-corrected chi connectivity index (χ3v) is 4.62. The highest BCUT2D eigenvalue weighted by molar-refractivity contribution is 6.57. The van der Waals surface area contributed by atoms with Crippen molar-refractivity contribution in [3.63, 3.8) is 0 Å². The van der Waals surface area contributed by atoms with Crippen molar-refractivity contribution in [3.8, 4) is 0 Å². The Hall–Kier alpha value is 0.217. The van der Waals surface area contributed by atoms with Crippen LogP contribution in [0, 0.1) is 0 Å². The van der Waals surface area contributed by atoms with Crippen LogP contribution < -0.4 is 0 Å². The van der Waals surface area contributed by atoms with Crippen LogP contribution in [0.15, 0.2) is 0 Å². The maximum Gasteiger partial charge on any atom is 0.0446 e. The van der Waals surface area contributed by atoms with Gasteiger partial charge >= 0.3 is 0 Å². The van der Waals surface area contributed by atoms with Gasteiger partial charge in [0, 0.05) is 8.80 Å². The summed E-state index contributed by atoms with van der Waals surface area (Å²) in [6.07, 6.45) is 7.61. The molecule has 0 bridgehead atoms. The number of rotatable bonds is 0. The molecule has 0 unspecified atom stereocenters. The Bertz CT molecular complexity index is 63.0. The molecular formula is C8H17Si. The Morgan fingerprint density at radius 2 is 1.22 bits per heavy atom. The molecule has 0 saturated carbocycles. The highest BCUT2D eigenvalue weighted by Gasteiger charge is 2.06. The lowest BCUT2D eigenvalue weighted by Crippen LogP contribution is -2.07. The predicted molar refractivity (Wildman–Crippen MR) is 44.3 cm³/mol. The first-order valence-corrected chi connectivity index (χ1v) is 6.62. The van der Waals surface area contributed by atoms with Crippen LogP contribution in [-0.2, 0) is 0 Å². The summed E-state index contributed by atoms with van der Waals surface area (Å²) in [5.41, 5.74) is 0. The normalized spacial score (nSPS) is 25.0. The van der Waals surface area contributed by atoms with E-state index in [0.29, 0.717) is 0 Å². The third kappa shape index (κ3) is 3.04. The van der Waals surface area contributed by atoms with Gasteiger partial charge in [0.1, 0.15) is 0 Å². The number of hydrogen-bond acceptors (Lipinski definition) is 0. The molecule has 0 atom stereocenters. The summed E-state index contributed by atoms with van der Waals surface area (Å²) >= 11 is 0. The van der Waals surface area contributed by atoms with Crippen molar-refractivity contribution in [2.75, 3.05) is 0 Å². The van der Waals surface area contributed by atoms with E-state index in [4.69, 9.17) is 0 Å². The van der Waals surface area contributed by atoms with Crippen LogP contribution in [0.5, 0.6) is 0 Å². The van der Waals surface area contributed by atoms with Gasteiger partial charge in [-0.1, -0.05) is 50.7 Å². The van der Waals surface area contributed by atoms with Crippen LogP contribution in [0.1, 0.15) is 32.1 Å². The zero-order chi connectivity index (χ0) is 6.53. The monoisotopic (exact) mass is 141 g/mol. The molecule has 1 aliphatic heterocycles. The van der Waals surface area contributed by atoms with Crippen LogP contribution in [0.3, 0.4) is 0 Å². The zero-order valence-electron chi connectivity index (χ0n) is 6.45. The molecule has 0 aromatic heterocycles. The van der Waals surface area contributed by atoms with Gasteiger partial charge in [-0.25, -0.2) is 0 Å². The molecule has 0 N–H and O–H groups in total. The Morgan fingerprint density at radius 3 is 1.78 bits per heavy atom. The van der Waals surface area contributed by atoms with E-state index in [1.807, 2.05) is 0 Å². The maximum absolute atomic E-state index is 2.50. The maximum atomic E-state index is 2.50. The van der Waals surface area contributed by atoms with Gasteiger partial charge in [-0.3, -0.25) is 0 Å². The summed E-state index contributed by atoms with van der Waals surface area (Å²) in [4.78, 5) is 0. The highest BCUT2D eigenvalue weighted by atomic mass is 28.3. The summed E-state index contributed by atoms with van der Waals surface area (Å²) in [6, 6.07) is 3.18. The van der Waals surface area contributed by atoms with Gasteiger partial charge in [0.2, 0.25) is 0 Å². The van der Waals surface area contributed by atoms with Gasteiger partial charge in [0.25, 0.3) is 0 Å². The SMILES string of the molecule is C[Si]1CCCCCCC1. The van der Waals surface area contributed by atoms with E-state index in [9.17, 15) is 0 Å². The third-order valence-electron chi connectivity index (χ3n) is 2.21. The van der Waals surface area contributed by atoms with E-state index in [2.05, 4.69) is 6.55 Å². The number of hydrogen-bond donors (Lipinski definition) is 0. The summed E-state index contributed by atoms with van der Waals surface area (Å²) in [5, 5.41) is 0. The molecule has 1 heterocycles. The second-order valence-corrected chi connectivity index (χ2v) is 6.14. The van der Waals surface area contributed by atoms with Crippen LogP contribution >= 0.6 is 0 Å². The Kier molecular flexibility index (Phi) is 3.34. The first kappa shape index (κ1) is 7.33. The quantitative estimate of drug-likeness (QED) is 0.455. The van der Waals surface area contributed by atoms with E-state index < -0.39 is 0 Å². The fourth-order valence-corrected chi connectivity index (χ4v) is 3.47. The molecule has 1 fully saturated rings. The van der Waals surface area contributed by atoms with Gasteiger partial charge in [-0.05, 0) is 0 Å². The minimum Gasteiger partial charge on any atom is -0.0711 e. The summed E-state index contributed by atoms with van der Waals surface area (Å²) in [5.74, 6) is 0. The van der Waals surface area contributed by atoms with Crippen molar-refractivity contribution in [2.45, 2.75) is 50.7 Å². The van der Waals surface area contributed by atoms with E-state index in [-0.39, 0.29) is 8.80 Å². The molecule has 1 aliphatic rings. The zero-order valence-corrected chi connectivity index (χ0v) is 7.45. The molecule has 1 heteroatoms. The topological polar surface area (TPSA) is 0 Å². The largest absolute Gasteiger partial charge is 0.0711 e. The Labute approximate surface area is 60.3 Å². The molecular weight excluding hydrogens is 124 g/mol. The van der Waals surface area contributed by atoms with Crippen LogP contribution in [0.25, 0.3) is 0 Å². The molecule has 0 aromatic rings. The lowest BCUT2D eigenvalue weighted by Gasteiger charge is -2.12. The van der Waals surface area contributed by atoms with Crippen molar-refractivity contribution >= 4 is 8.80 Å². The second-order valence-electron chi connectivity index (χ2n) is 3.22. The van der Waals surface area contributed by atoms with Gasteiger partial charge in [-0.2, -0.15) is 0 Å². The van der Waals surface area contributed by atoms with Gasteiger partial charge in [0.05, 0.1) is 0 Å². The molecule has 0 aromatic carbocycles. The fraction of sp³-hybridized carbons (Fsp3) is 1.00. The lowest BCUT2D eigenvalue weighted by molar-refractivity contribution is 0.636. The molecule has 53 valence electrons. The Morgan fingerprint density at radius 1 is 0.778 bits per heavy atom. The van der Waals surface area contributed by atoms with Crippen LogP contribution in [0.4, 0.5) is 0 Å². The average Bonchev–Trinajstić information content (AvgIpc) is 1.79. The van der Waals surface area contributed by atoms with E-state index in [0.717, 1.165) is 0 Å². The van der Waals surface area contributed by atoms with Gasteiger partial charge < -0.3 is 0 Å². The molecule has 1 radical (unpaired) electrons. The highest BCUT2D eigenvalue weighted by Crippen LogP contribution is 2.17. The van der Waals surface area contributed by atoms with E-state index >= 15 is 0 Å². The van der Waals surface area contributed by atoms with Crippen molar-refractivity contribution in [1.29, 1.82) is 0 Å². The van der Waals surface area contributed by atoms with E-state index in [1.54, 1.807) is 12.1 Å². The van der Waals surface area contributed by atoms with Crippen molar-refractivity contribution < 1.29 is 0 Å². The van der Waals surface area contributed by atoms with Crippen molar-refractivity contribution in [1.82, 2.24) is 0 Å². The molecule has 0 aliphatic carbocycles. The molecule has 0 amide bonds.